The Morgan fingerprint density at radius 1 is 1.45 bits per heavy atom. The number of aliphatic carboxylic acids is 1. The summed E-state index contributed by atoms with van der Waals surface area (Å²) in [4.78, 5) is 22.7. The summed E-state index contributed by atoms with van der Waals surface area (Å²) < 4.78 is 10.8. The molecule has 1 saturated heterocycles. The maximum Gasteiger partial charge on any atom is 0.326 e. The fourth-order valence-electron chi connectivity index (χ4n) is 2.11. The summed E-state index contributed by atoms with van der Waals surface area (Å²) in [5.41, 5.74) is 0. The van der Waals surface area contributed by atoms with Crippen LogP contribution in [0.2, 0.25) is 0 Å². The fraction of sp³-hybridized carbons (Fsp3) is 0.857. The van der Waals surface area contributed by atoms with Gasteiger partial charge >= 0.3 is 5.97 Å². The lowest BCUT2D eigenvalue weighted by atomic mass is 10.0. The molecule has 2 N–H and O–H groups in total. The molecule has 0 bridgehead atoms. The number of carboxylic acid groups (broad SMARTS) is 1. The van der Waals surface area contributed by atoms with Crippen LogP contribution >= 0.6 is 0 Å². The molecule has 0 spiro atoms. The highest BCUT2D eigenvalue weighted by Gasteiger charge is 2.21. The Morgan fingerprint density at radius 2 is 2.20 bits per heavy atom. The summed E-state index contributed by atoms with van der Waals surface area (Å²) in [6.07, 6.45) is 2.81. The third kappa shape index (κ3) is 6.86. The molecule has 20 heavy (non-hydrogen) atoms. The minimum Gasteiger partial charge on any atom is -0.480 e. The van der Waals surface area contributed by atoms with Crippen molar-refractivity contribution in [3.05, 3.63) is 0 Å². The Labute approximate surface area is 119 Å². The number of carbonyl (C=O) groups excluding carboxylic acids is 1. The highest BCUT2D eigenvalue weighted by atomic mass is 16.5. The van der Waals surface area contributed by atoms with Gasteiger partial charge in [-0.3, -0.25) is 4.79 Å². The number of nitrogens with one attached hydrogen (secondary N) is 1. The van der Waals surface area contributed by atoms with Crippen LogP contribution in [0.15, 0.2) is 0 Å². The van der Waals surface area contributed by atoms with E-state index in [-0.39, 0.29) is 24.3 Å². The third-order valence-electron chi connectivity index (χ3n) is 3.14. The second-order valence-electron chi connectivity index (χ2n) is 5.55. The van der Waals surface area contributed by atoms with Crippen LogP contribution in [0.3, 0.4) is 0 Å². The minimum atomic E-state index is -0.993. The number of hydrogen-bond donors (Lipinski definition) is 2. The van der Waals surface area contributed by atoms with Crippen LogP contribution in [0.25, 0.3) is 0 Å². The first-order valence-corrected chi connectivity index (χ1v) is 7.20. The molecule has 0 aromatic heterocycles. The van der Waals surface area contributed by atoms with E-state index in [1.807, 2.05) is 13.8 Å². The Kier molecular flexibility index (Phi) is 7.54. The van der Waals surface area contributed by atoms with E-state index in [0.29, 0.717) is 19.6 Å². The van der Waals surface area contributed by atoms with E-state index in [9.17, 15) is 9.59 Å². The summed E-state index contributed by atoms with van der Waals surface area (Å²) in [6, 6.07) is -0.819. The van der Waals surface area contributed by atoms with Crippen LogP contribution in [0, 0.1) is 5.92 Å². The molecule has 1 aliphatic rings. The number of carboxylic acids is 1. The molecule has 0 radical (unpaired) electrons. The number of ether oxygens (including phenoxy) is 2. The first-order chi connectivity index (χ1) is 9.49. The van der Waals surface area contributed by atoms with Crippen molar-refractivity contribution in [3.63, 3.8) is 0 Å². The van der Waals surface area contributed by atoms with Gasteiger partial charge in [0.25, 0.3) is 0 Å². The summed E-state index contributed by atoms with van der Waals surface area (Å²) in [5.74, 6) is -1.06. The van der Waals surface area contributed by atoms with Crippen molar-refractivity contribution in [2.45, 2.75) is 51.7 Å². The first-order valence-electron chi connectivity index (χ1n) is 7.20. The minimum absolute atomic E-state index is 0.144. The second-order valence-corrected chi connectivity index (χ2v) is 5.55. The Hall–Kier alpha value is -1.14. The van der Waals surface area contributed by atoms with Gasteiger partial charge in [0.1, 0.15) is 6.04 Å². The fourth-order valence-corrected chi connectivity index (χ4v) is 2.11. The molecule has 0 aromatic carbocycles. The zero-order chi connectivity index (χ0) is 15.0. The van der Waals surface area contributed by atoms with Gasteiger partial charge in [-0.05, 0) is 25.2 Å². The number of hydrogen-bond acceptors (Lipinski definition) is 4. The van der Waals surface area contributed by atoms with Crippen molar-refractivity contribution >= 4 is 11.9 Å². The van der Waals surface area contributed by atoms with E-state index in [4.69, 9.17) is 14.6 Å². The van der Waals surface area contributed by atoms with Crippen molar-refractivity contribution in [2.75, 3.05) is 19.8 Å². The molecule has 116 valence electrons. The molecule has 1 rings (SSSR count). The molecular weight excluding hydrogens is 262 g/mol. The van der Waals surface area contributed by atoms with Gasteiger partial charge in [-0.1, -0.05) is 13.8 Å². The van der Waals surface area contributed by atoms with Gasteiger partial charge in [0, 0.05) is 13.0 Å². The quantitative estimate of drug-likeness (QED) is 0.622. The molecule has 6 nitrogen and oxygen atoms in total. The van der Waals surface area contributed by atoms with E-state index in [0.717, 1.165) is 19.4 Å². The van der Waals surface area contributed by atoms with Gasteiger partial charge in [-0.2, -0.15) is 0 Å². The normalized spacial score (nSPS) is 20.1. The van der Waals surface area contributed by atoms with Crippen LogP contribution in [0.5, 0.6) is 0 Å². The lowest BCUT2D eigenvalue weighted by molar-refractivity contribution is -0.142. The van der Waals surface area contributed by atoms with Gasteiger partial charge in [0.15, 0.2) is 0 Å². The van der Waals surface area contributed by atoms with Crippen LogP contribution in [0.1, 0.15) is 39.5 Å². The monoisotopic (exact) mass is 287 g/mol. The Balaban J connectivity index is 2.15. The van der Waals surface area contributed by atoms with Crippen molar-refractivity contribution in [1.29, 1.82) is 0 Å². The SMILES string of the molecule is CC(C)C[C@H](NC(=O)CCOCC1CCCO1)C(=O)O. The summed E-state index contributed by atoms with van der Waals surface area (Å²) in [5, 5.41) is 11.6. The zero-order valence-electron chi connectivity index (χ0n) is 12.3. The molecule has 2 atom stereocenters. The highest BCUT2D eigenvalue weighted by Crippen LogP contribution is 2.12. The van der Waals surface area contributed by atoms with Crippen molar-refractivity contribution in [2.24, 2.45) is 5.92 Å². The predicted molar refractivity (Wildman–Crippen MR) is 73.4 cm³/mol. The molecule has 1 amide bonds. The maximum atomic E-state index is 11.6. The van der Waals surface area contributed by atoms with Crippen LogP contribution in [0.4, 0.5) is 0 Å². The molecule has 6 heteroatoms. The Bertz CT molecular complexity index is 313. The van der Waals surface area contributed by atoms with Crippen LogP contribution < -0.4 is 5.32 Å². The summed E-state index contributed by atoms with van der Waals surface area (Å²) in [7, 11) is 0. The van der Waals surface area contributed by atoms with Gasteiger partial charge in [0.05, 0.1) is 19.3 Å². The average Bonchev–Trinajstić information content (AvgIpc) is 2.86. The van der Waals surface area contributed by atoms with Crippen molar-refractivity contribution in [3.8, 4) is 0 Å². The molecule has 1 unspecified atom stereocenters. The smallest absolute Gasteiger partial charge is 0.326 e. The van der Waals surface area contributed by atoms with Gasteiger partial charge in [-0.25, -0.2) is 4.79 Å². The Morgan fingerprint density at radius 3 is 2.75 bits per heavy atom. The van der Waals surface area contributed by atoms with E-state index in [1.165, 1.54) is 0 Å². The average molecular weight is 287 g/mol. The molecule has 1 fully saturated rings. The number of carbonyl (C=O) groups is 2. The summed E-state index contributed by atoms with van der Waals surface area (Å²) >= 11 is 0. The van der Waals surface area contributed by atoms with E-state index < -0.39 is 12.0 Å². The van der Waals surface area contributed by atoms with Crippen LogP contribution in [-0.4, -0.2) is 48.9 Å². The van der Waals surface area contributed by atoms with Gasteiger partial charge < -0.3 is 19.9 Å². The van der Waals surface area contributed by atoms with Crippen molar-refractivity contribution < 1.29 is 24.2 Å². The molecule has 0 saturated carbocycles. The molecule has 0 aromatic rings. The van der Waals surface area contributed by atoms with E-state index >= 15 is 0 Å². The molecule has 0 aliphatic carbocycles. The van der Waals surface area contributed by atoms with Gasteiger partial charge in [-0.15, -0.1) is 0 Å². The molecular formula is C14H25NO5. The predicted octanol–water partition coefficient (Wildman–Crippen LogP) is 1.19. The molecule has 1 heterocycles. The van der Waals surface area contributed by atoms with Crippen LogP contribution in [-0.2, 0) is 19.1 Å². The molecule has 1 aliphatic heterocycles. The number of rotatable bonds is 9. The largest absolute Gasteiger partial charge is 0.480 e. The van der Waals surface area contributed by atoms with Crippen molar-refractivity contribution in [1.82, 2.24) is 5.32 Å². The zero-order valence-corrected chi connectivity index (χ0v) is 12.3. The second kappa shape index (κ2) is 8.92. The van der Waals surface area contributed by atoms with Gasteiger partial charge in [0.2, 0.25) is 5.91 Å². The lowest BCUT2D eigenvalue weighted by Gasteiger charge is -2.16. The maximum absolute atomic E-state index is 11.6. The third-order valence-corrected chi connectivity index (χ3v) is 3.14. The summed E-state index contributed by atoms with van der Waals surface area (Å²) in [6.45, 7) is 5.42. The standard InChI is InChI=1S/C14H25NO5/c1-10(2)8-12(14(17)18)15-13(16)5-7-19-9-11-4-3-6-20-11/h10-12H,3-9H2,1-2H3,(H,15,16)(H,17,18)/t11?,12-/m0/s1. The highest BCUT2D eigenvalue weighted by molar-refractivity contribution is 5.83. The van der Waals surface area contributed by atoms with E-state index in [2.05, 4.69) is 5.32 Å². The lowest BCUT2D eigenvalue weighted by Crippen LogP contribution is -2.42. The van der Waals surface area contributed by atoms with E-state index in [1.54, 1.807) is 0 Å². The first kappa shape index (κ1) is 16.9. The topological polar surface area (TPSA) is 84.9 Å². The number of amides is 1.